The highest BCUT2D eigenvalue weighted by Crippen LogP contribution is 2.39. The second-order valence-corrected chi connectivity index (χ2v) is 5.85. The van der Waals surface area contributed by atoms with Crippen molar-refractivity contribution in [3.05, 3.63) is 0 Å². The largest absolute Gasteiger partial charge is 0.330 e. The van der Waals surface area contributed by atoms with Crippen LogP contribution in [0.25, 0.3) is 0 Å². The Morgan fingerprint density at radius 2 is 1.60 bits per heavy atom. The van der Waals surface area contributed by atoms with Gasteiger partial charge in [0.2, 0.25) is 0 Å². The predicted molar refractivity (Wildman–Crippen MR) is 65.7 cm³/mol. The van der Waals surface area contributed by atoms with Crippen LogP contribution in [0.15, 0.2) is 0 Å². The Bertz CT molecular complexity index is 178. The van der Waals surface area contributed by atoms with Crippen molar-refractivity contribution >= 4 is 0 Å². The molecule has 2 N–H and O–H groups in total. The Morgan fingerprint density at radius 1 is 0.867 bits per heavy atom. The van der Waals surface area contributed by atoms with E-state index < -0.39 is 0 Å². The minimum absolute atomic E-state index is 0.893. The van der Waals surface area contributed by atoms with E-state index in [-0.39, 0.29) is 0 Å². The predicted octanol–water partition coefficient (Wildman–Crippen LogP) is 3.72. The van der Waals surface area contributed by atoms with Gasteiger partial charge in [-0.1, -0.05) is 44.9 Å². The molecular weight excluding hydrogens is 182 g/mol. The number of hydrogen-bond acceptors (Lipinski definition) is 1. The van der Waals surface area contributed by atoms with Crippen LogP contribution in [0, 0.1) is 17.8 Å². The molecule has 2 aliphatic rings. The first-order valence-corrected chi connectivity index (χ1v) is 7.08. The summed E-state index contributed by atoms with van der Waals surface area (Å²) in [4.78, 5) is 0. The van der Waals surface area contributed by atoms with Crippen LogP contribution in [0.2, 0.25) is 0 Å². The zero-order valence-corrected chi connectivity index (χ0v) is 10.1. The summed E-state index contributed by atoms with van der Waals surface area (Å²) < 4.78 is 0. The van der Waals surface area contributed by atoms with Gasteiger partial charge in [0.1, 0.15) is 0 Å². The highest BCUT2D eigenvalue weighted by Gasteiger charge is 2.25. The maximum atomic E-state index is 5.62. The Labute approximate surface area is 94.8 Å². The van der Waals surface area contributed by atoms with Gasteiger partial charge < -0.3 is 5.73 Å². The monoisotopic (exact) mass is 209 g/mol. The summed E-state index contributed by atoms with van der Waals surface area (Å²) >= 11 is 0. The van der Waals surface area contributed by atoms with Crippen molar-refractivity contribution in [2.45, 2.75) is 64.2 Å². The van der Waals surface area contributed by atoms with Crippen LogP contribution in [0.3, 0.4) is 0 Å². The van der Waals surface area contributed by atoms with Gasteiger partial charge in [0.05, 0.1) is 0 Å². The molecule has 0 aromatic heterocycles. The maximum absolute atomic E-state index is 5.62. The summed E-state index contributed by atoms with van der Waals surface area (Å²) in [5, 5.41) is 0. The fourth-order valence-electron chi connectivity index (χ4n) is 3.71. The molecule has 3 unspecified atom stereocenters. The van der Waals surface area contributed by atoms with E-state index >= 15 is 0 Å². The third-order valence-electron chi connectivity index (χ3n) is 4.67. The minimum atomic E-state index is 0.893. The minimum Gasteiger partial charge on any atom is -0.330 e. The highest BCUT2D eigenvalue weighted by atomic mass is 14.5. The molecule has 2 saturated carbocycles. The SMILES string of the molecule is NCCCC1CCC2CCCC(CC2)C1. The van der Waals surface area contributed by atoms with Gasteiger partial charge in [0.15, 0.2) is 0 Å². The smallest absolute Gasteiger partial charge is 0.00772 e. The fraction of sp³-hybridized carbons (Fsp3) is 1.00. The number of fused-ring (bicyclic) bond motifs is 3. The lowest BCUT2D eigenvalue weighted by Crippen LogP contribution is -2.14. The van der Waals surface area contributed by atoms with E-state index in [1.165, 1.54) is 64.2 Å². The molecule has 0 spiro atoms. The molecule has 2 aliphatic carbocycles. The van der Waals surface area contributed by atoms with Gasteiger partial charge in [-0.3, -0.25) is 0 Å². The van der Waals surface area contributed by atoms with Crippen LogP contribution in [-0.2, 0) is 0 Å². The third kappa shape index (κ3) is 3.48. The molecule has 0 aromatic rings. The number of nitrogens with two attached hydrogens (primary N) is 1. The standard InChI is InChI=1S/C14H27N/c15-10-2-5-14-9-7-12-3-1-4-13(11-14)8-6-12/h12-14H,1-11,15H2. The van der Waals surface area contributed by atoms with Crippen molar-refractivity contribution in [1.29, 1.82) is 0 Å². The van der Waals surface area contributed by atoms with Gasteiger partial charge >= 0.3 is 0 Å². The van der Waals surface area contributed by atoms with Crippen LogP contribution in [0.4, 0.5) is 0 Å². The summed E-state index contributed by atoms with van der Waals surface area (Å²) in [7, 11) is 0. The van der Waals surface area contributed by atoms with Crippen molar-refractivity contribution < 1.29 is 0 Å². The molecule has 1 heteroatoms. The van der Waals surface area contributed by atoms with Crippen molar-refractivity contribution in [3.63, 3.8) is 0 Å². The second kappa shape index (κ2) is 5.89. The maximum Gasteiger partial charge on any atom is -0.00772 e. The van der Waals surface area contributed by atoms with Crippen LogP contribution in [0.5, 0.6) is 0 Å². The molecule has 0 amide bonds. The second-order valence-electron chi connectivity index (χ2n) is 5.85. The van der Waals surface area contributed by atoms with E-state index in [0.717, 1.165) is 24.3 Å². The van der Waals surface area contributed by atoms with Crippen LogP contribution >= 0.6 is 0 Å². The van der Waals surface area contributed by atoms with Crippen molar-refractivity contribution in [2.24, 2.45) is 23.5 Å². The molecule has 0 saturated heterocycles. The van der Waals surface area contributed by atoms with E-state index in [4.69, 9.17) is 5.73 Å². The molecule has 0 aromatic carbocycles. The average molecular weight is 209 g/mol. The molecule has 0 heterocycles. The third-order valence-corrected chi connectivity index (χ3v) is 4.67. The first-order chi connectivity index (χ1) is 7.38. The zero-order valence-electron chi connectivity index (χ0n) is 10.1. The summed E-state index contributed by atoms with van der Waals surface area (Å²) in [6, 6.07) is 0. The van der Waals surface area contributed by atoms with Gasteiger partial charge in [-0.15, -0.1) is 0 Å². The molecule has 2 fully saturated rings. The number of rotatable bonds is 3. The average Bonchev–Trinajstić information content (AvgIpc) is 2.39. The lowest BCUT2D eigenvalue weighted by molar-refractivity contribution is 0.260. The first kappa shape index (κ1) is 11.4. The molecule has 0 radical (unpaired) electrons. The quantitative estimate of drug-likeness (QED) is 0.753. The van der Waals surface area contributed by atoms with Gasteiger partial charge in [-0.05, 0) is 43.6 Å². The molecular formula is C14H27N. The van der Waals surface area contributed by atoms with Gasteiger partial charge in [-0.25, -0.2) is 0 Å². The molecule has 3 atom stereocenters. The molecule has 0 aliphatic heterocycles. The zero-order chi connectivity index (χ0) is 10.5. The lowest BCUT2D eigenvalue weighted by Gasteiger charge is -2.26. The fourth-order valence-corrected chi connectivity index (χ4v) is 3.71. The number of hydrogen-bond donors (Lipinski definition) is 1. The molecule has 2 bridgehead atoms. The first-order valence-electron chi connectivity index (χ1n) is 7.08. The Balaban J connectivity index is 1.87. The molecule has 15 heavy (non-hydrogen) atoms. The molecule has 2 rings (SSSR count). The van der Waals surface area contributed by atoms with Gasteiger partial charge in [0, 0.05) is 0 Å². The molecule has 88 valence electrons. The van der Waals surface area contributed by atoms with Crippen molar-refractivity contribution in [3.8, 4) is 0 Å². The van der Waals surface area contributed by atoms with Crippen LogP contribution < -0.4 is 5.73 Å². The summed E-state index contributed by atoms with van der Waals surface area (Å²) in [6.07, 6.45) is 14.8. The lowest BCUT2D eigenvalue weighted by atomic mass is 9.80. The van der Waals surface area contributed by atoms with Crippen LogP contribution in [0.1, 0.15) is 64.2 Å². The summed E-state index contributed by atoms with van der Waals surface area (Å²) in [5.41, 5.74) is 5.62. The van der Waals surface area contributed by atoms with Gasteiger partial charge in [-0.2, -0.15) is 0 Å². The highest BCUT2D eigenvalue weighted by molar-refractivity contribution is 4.78. The Kier molecular flexibility index (Phi) is 4.49. The van der Waals surface area contributed by atoms with E-state index in [1.807, 2.05) is 0 Å². The van der Waals surface area contributed by atoms with E-state index in [2.05, 4.69) is 0 Å². The van der Waals surface area contributed by atoms with Crippen molar-refractivity contribution in [1.82, 2.24) is 0 Å². The van der Waals surface area contributed by atoms with Crippen LogP contribution in [-0.4, -0.2) is 6.54 Å². The van der Waals surface area contributed by atoms with Crippen molar-refractivity contribution in [2.75, 3.05) is 6.54 Å². The summed E-state index contributed by atoms with van der Waals surface area (Å²) in [6.45, 7) is 0.893. The van der Waals surface area contributed by atoms with Gasteiger partial charge in [0.25, 0.3) is 0 Å². The Hall–Kier alpha value is -0.0400. The summed E-state index contributed by atoms with van der Waals surface area (Å²) in [5.74, 6) is 3.16. The van der Waals surface area contributed by atoms with E-state index in [0.29, 0.717) is 0 Å². The van der Waals surface area contributed by atoms with E-state index in [1.54, 1.807) is 0 Å². The molecule has 1 nitrogen and oxygen atoms in total. The Morgan fingerprint density at radius 3 is 2.47 bits per heavy atom. The van der Waals surface area contributed by atoms with E-state index in [9.17, 15) is 0 Å². The normalized spacial score (nSPS) is 37.0. The topological polar surface area (TPSA) is 26.0 Å².